The van der Waals surface area contributed by atoms with Gasteiger partial charge in [0.1, 0.15) is 11.9 Å². The average Bonchev–Trinajstić information content (AvgIpc) is 3.41. The fourth-order valence-corrected chi connectivity index (χ4v) is 5.43. The van der Waals surface area contributed by atoms with E-state index >= 15 is 0 Å². The SMILES string of the molecule is CC(O)CN1CC(Oc2ccc(C(F)(F)F)cc2C(=O)N=c2sc(C(C)(C)C)cn2C[C@H]2CCCO2)C1. The van der Waals surface area contributed by atoms with Crippen LogP contribution in [0.15, 0.2) is 29.4 Å². The number of thiazole rings is 1. The molecule has 0 spiro atoms. The van der Waals surface area contributed by atoms with Crippen molar-refractivity contribution in [1.29, 1.82) is 0 Å². The highest BCUT2D eigenvalue weighted by Gasteiger charge is 2.34. The minimum absolute atomic E-state index is 0.00660. The first-order valence-corrected chi connectivity index (χ1v) is 13.3. The monoisotopic (exact) mass is 541 g/mol. The minimum Gasteiger partial charge on any atom is -0.487 e. The number of carbonyl (C=O) groups is 1. The Hall–Kier alpha value is -2.21. The van der Waals surface area contributed by atoms with E-state index in [0.29, 0.717) is 37.6 Å². The van der Waals surface area contributed by atoms with E-state index in [4.69, 9.17) is 9.47 Å². The van der Waals surface area contributed by atoms with Gasteiger partial charge in [0.25, 0.3) is 5.91 Å². The first-order chi connectivity index (χ1) is 17.3. The van der Waals surface area contributed by atoms with E-state index in [-0.39, 0.29) is 28.9 Å². The number of hydrogen-bond acceptors (Lipinski definition) is 6. The number of aliphatic hydroxyl groups excluding tert-OH is 1. The Balaban J connectivity index is 1.66. The number of ether oxygens (including phenoxy) is 2. The molecule has 1 unspecified atom stereocenters. The van der Waals surface area contributed by atoms with Gasteiger partial charge in [0.2, 0.25) is 0 Å². The molecule has 2 aromatic rings. The van der Waals surface area contributed by atoms with Crippen molar-refractivity contribution in [3.8, 4) is 5.75 Å². The molecule has 1 aromatic heterocycles. The number of alkyl halides is 3. The summed E-state index contributed by atoms with van der Waals surface area (Å²) in [5.41, 5.74) is -1.35. The van der Waals surface area contributed by atoms with Crippen LogP contribution in [0.1, 0.15) is 61.3 Å². The molecule has 0 bridgehead atoms. The number of carbonyl (C=O) groups excluding carboxylic acids is 1. The Morgan fingerprint density at radius 3 is 2.62 bits per heavy atom. The molecule has 4 rings (SSSR count). The molecule has 1 N–H and O–H groups in total. The van der Waals surface area contributed by atoms with Gasteiger partial charge in [0, 0.05) is 37.3 Å². The number of aromatic nitrogens is 1. The molecule has 0 radical (unpaired) electrons. The van der Waals surface area contributed by atoms with Crippen molar-refractivity contribution in [2.24, 2.45) is 4.99 Å². The predicted molar refractivity (Wildman–Crippen MR) is 134 cm³/mol. The number of benzene rings is 1. The fraction of sp³-hybridized carbons (Fsp3) is 0.615. The molecule has 0 aliphatic carbocycles. The molecule has 2 aliphatic heterocycles. The molecule has 2 atom stereocenters. The molecule has 3 heterocycles. The van der Waals surface area contributed by atoms with Crippen molar-refractivity contribution in [3.63, 3.8) is 0 Å². The molecule has 37 heavy (non-hydrogen) atoms. The van der Waals surface area contributed by atoms with E-state index < -0.39 is 23.8 Å². The van der Waals surface area contributed by atoms with Crippen molar-refractivity contribution in [3.05, 3.63) is 45.2 Å². The molecule has 204 valence electrons. The lowest BCUT2D eigenvalue weighted by molar-refractivity contribution is -0.137. The molecule has 2 aliphatic rings. The zero-order valence-corrected chi connectivity index (χ0v) is 22.4. The number of likely N-dealkylation sites (tertiary alicyclic amines) is 1. The van der Waals surface area contributed by atoms with E-state index in [1.165, 1.54) is 17.4 Å². The van der Waals surface area contributed by atoms with Crippen LogP contribution in [0.2, 0.25) is 0 Å². The molecule has 11 heteroatoms. The van der Waals surface area contributed by atoms with Crippen molar-refractivity contribution >= 4 is 17.2 Å². The maximum Gasteiger partial charge on any atom is 0.416 e. The van der Waals surface area contributed by atoms with Gasteiger partial charge in [-0.25, -0.2) is 0 Å². The summed E-state index contributed by atoms with van der Waals surface area (Å²) in [7, 11) is 0. The number of halogens is 3. The Labute approximate surface area is 218 Å². The fourth-order valence-electron chi connectivity index (χ4n) is 4.38. The van der Waals surface area contributed by atoms with Crippen LogP contribution < -0.4 is 9.54 Å². The van der Waals surface area contributed by atoms with Gasteiger partial charge in [-0.05, 0) is 43.4 Å². The summed E-state index contributed by atoms with van der Waals surface area (Å²) in [5.74, 6) is -0.716. The molecular formula is C26H34F3N3O4S. The van der Waals surface area contributed by atoms with E-state index in [0.717, 1.165) is 29.9 Å². The van der Waals surface area contributed by atoms with E-state index in [2.05, 4.69) is 25.8 Å². The van der Waals surface area contributed by atoms with Crippen LogP contribution in [0.4, 0.5) is 13.2 Å². The van der Waals surface area contributed by atoms with Gasteiger partial charge in [0.15, 0.2) is 4.80 Å². The van der Waals surface area contributed by atoms with E-state index in [1.807, 2.05) is 15.7 Å². The lowest BCUT2D eigenvalue weighted by Crippen LogP contribution is -2.55. The molecule has 2 saturated heterocycles. The summed E-state index contributed by atoms with van der Waals surface area (Å²) >= 11 is 1.35. The number of aliphatic hydroxyl groups is 1. The number of hydrogen-bond donors (Lipinski definition) is 1. The summed E-state index contributed by atoms with van der Waals surface area (Å²) in [4.78, 5) is 21.0. The molecule has 1 amide bonds. The van der Waals surface area contributed by atoms with Gasteiger partial charge in [-0.15, -0.1) is 11.3 Å². The quantitative estimate of drug-likeness (QED) is 0.568. The summed E-state index contributed by atoms with van der Waals surface area (Å²) in [6.45, 7) is 10.6. The van der Waals surface area contributed by atoms with Gasteiger partial charge in [-0.1, -0.05) is 20.8 Å². The second-order valence-corrected chi connectivity index (χ2v) is 11.9. The smallest absolute Gasteiger partial charge is 0.416 e. The summed E-state index contributed by atoms with van der Waals surface area (Å²) in [6, 6.07) is 2.92. The molecule has 2 fully saturated rings. The Kier molecular flexibility index (Phi) is 8.18. The average molecular weight is 542 g/mol. The molecular weight excluding hydrogens is 507 g/mol. The number of nitrogens with zero attached hydrogens (tertiary/aromatic N) is 3. The van der Waals surface area contributed by atoms with Crippen LogP contribution in [0.25, 0.3) is 0 Å². The van der Waals surface area contributed by atoms with Crippen molar-refractivity contribution in [1.82, 2.24) is 9.47 Å². The predicted octanol–water partition coefficient (Wildman–Crippen LogP) is 4.23. The topological polar surface area (TPSA) is 76.3 Å². The molecule has 1 aromatic carbocycles. The van der Waals surface area contributed by atoms with Crippen LogP contribution in [0, 0.1) is 0 Å². The maximum absolute atomic E-state index is 13.5. The highest BCUT2D eigenvalue weighted by molar-refractivity contribution is 7.09. The van der Waals surface area contributed by atoms with Gasteiger partial charge >= 0.3 is 6.18 Å². The zero-order chi connectivity index (χ0) is 27.0. The Morgan fingerprint density at radius 2 is 2.03 bits per heavy atom. The Morgan fingerprint density at radius 1 is 1.30 bits per heavy atom. The number of rotatable bonds is 7. The van der Waals surface area contributed by atoms with Crippen molar-refractivity contribution in [2.45, 2.75) is 77.0 Å². The third-order valence-electron chi connectivity index (χ3n) is 6.36. The van der Waals surface area contributed by atoms with Crippen LogP contribution in [-0.4, -0.2) is 65.0 Å². The van der Waals surface area contributed by atoms with E-state index in [1.54, 1.807) is 6.92 Å². The van der Waals surface area contributed by atoms with Gasteiger partial charge in [-0.3, -0.25) is 9.69 Å². The van der Waals surface area contributed by atoms with Crippen LogP contribution in [0.5, 0.6) is 5.75 Å². The lowest BCUT2D eigenvalue weighted by Gasteiger charge is -2.39. The summed E-state index contributed by atoms with van der Waals surface area (Å²) < 4.78 is 54.0. The first kappa shape index (κ1) is 27.8. The van der Waals surface area contributed by atoms with Crippen LogP contribution in [-0.2, 0) is 22.9 Å². The van der Waals surface area contributed by atoms with Crippen molar-refractivity contribution in [2.75, 3.05) is 26.2 Å². The first-order valence-electron chi connectivity index (χ1n) is 12.5. The minimum atomic E-state index is -4.61. The summed E-state index contributed by atoms with van der Waals surface area (Å²) in [5, 5.41) is 9.54. The second kappa shape index (κ2) is 10.9. The molecule has 7 nitrogen and oxygen atoms in total. The van der Waals surface area contributed by atoms with Gasteiger partial charge in [-0.2, -0.15) is 18.2 Å². The lowest BCUT2D eigenvalue weighted by atomic mass is 9.95. The largest absolute Gasteiger partial charge is 0.487 e. The van der Waals surface area contributed by atoms with Crippen LogP contribution in [0.3, 0.4) is 0 Å². The standard InChI is InChI=1S/C26H34F3N3O4S/c1-16(33)11-31-12-19(13-31)36-21-8-7-17(26(27,28)29)10-20(21)23(34)30-24-32(14-18-6-5-9-35-18)15-22(37-24)25(2,3)4/h7-8,10,15-16,18-19,33H,5-6,9,11-14H2,1-4H3/t16?,18-/m1/s1. The third-order valence-corrected chi connectivity index (χ3v) is 7.80. The zero-order valence-electron chi connectivity index (χ0n) is 21.5. The highest BCUT2D eigenvalue weighted by Crippen LogP contribution is 2.34. The maximum atomic E-state index is 13.5. The highest BCUT2D eigenvalue weighted by atomic mass is 32.1. The van der Waals surface area contributed by atoms with Crippen LogP contribution >= 0.6 is 11.3 Å². The van der Waals surface area contributed by atoms with Crippen molar-refractivity contribution < 1.29 is 32.5 Å². The van der Waals surface area contributed by atoms with Gasteiger partial charge in [0.05, 0.1) is 29.9 Å². The number of amides is 1. The summed E-state index contributed by atoms with van der Waals surface area (Å²) in [6.07, 6.45) is -1.57. The number of β-amino-alcohol motifs (C(OH)–C–C–N with tert-alkyl or cyclic N) is 1. The third kappa shape index (κ3) is 7.01. The Bertz CT molecular complexity index is 1170. The second-order valence-electron chi connectivity index (χ2n) is 10.8. The van der Waals surface area contributed by atoms with Gasteiger partial charge < -0.3 is 19.1 Å². The molecule has 0 saturated carbocycles. The van der Waals surface area contributed by atoms with E-state index in [9.17, 15) is 23.1 Å². The normalized spacial score (nSPS) is 20.8.